The first-order valence-electron chi connectivity index (χ1n) is 5.16. The summed E-state index contributed by atoms with van der Waals surface area (Å²) < 4.78 is 27.1. The summed E-state index contributed by atoms with van der Waals surface area (Å²) in [7, 11) is -3.92. The van der Waals surface area contributed by atoms with E-state index < -0.39 is 10.2 Å². The van der Waals surface area contributed by atoms with Crippen LogP contribution < -0.4 is 0 Å². The third-order valence-corrected chi connectivity index (χ3v) is 4.25. The summed E-state index contributed by atoms with van der Waals surface area (Å²) in [6.07, 6.45) is 3.82. The van der Waals surface area contributed by atoms with Crippen molar-refractivity contribution in [3.05, 3.63) is 10.4 Å². The number of nitrogens with zero attached hydrogens (tertiary/aromatic N) is 5. The second-order valence-corrected chi connectivity index (χ2v) is 5.84. The van der Waals surface area contributed by atoms with Crippen molar-refractivity contribution < 1.29 is 8.42 Å². The summed E-state index contributed by atoms with van der Waals surface area (Å²) in [5.41, 5.74) is 8.22. The van der Waals surface area contributed by atoms with Crippen LogP contribution in [-0.4, -0.2) is 31.1 Å². The van der Waals surface area contributed by atoms with Gasteiger partial charge in [-0.15, -0.1) is 0 Å². The fourth-order valence-corrected chi connectivity index (χ4v) is 3.35. The van der Waals surface area contributed by atoms with E-state index in [-0.39, 0.29) is 12.1 Å². The van der Waals surface area contributed by atoms with Gasteiger partial charge >= 0.3 is 10.2 Å². The first-order valence-corrected chi connectivity index (χ1v) is 6.56. The normalized spacial score (nSPS) is 33.3. The number of aliphatic imine (C=N–C) groups is 1. The van der Waals surface area contributed by atoms with Crippen molar-refractivity contribution >= 4 is 16.5 Å². The Morgan fingerprint density at radius 3 is 2.94 bits per heavy atom. The summed E-state index contributed by atoms with van der Waals surface area (Å²) in [6, 6.07) is 0.105. The Labute approximate surface area is 94.0 Å². The van der Waals surface area contributed by atoms with E-state index in [1.54, 1.807) is 0 Å². The average molecular weight is 243 g/mol. The van der Waals surface area contributed by atoms with Crippen LogP contribution in [0.4, 0.5) is 0 Å². The molecule has 1 saturated carbocycles. The molecule has 0 aromatic rings. The number of fused-ring (bicyclic) bond motifs is 2. The van der Waals surface area contributed by atoms with Crippen molar-refractivity contribution in [2.45, 2.75) is 38.3 Å². The van der Waals surface area contributed by atoms with E-state index in [9.17, 15) is 8.42 Å². The SMILES string of the molecule is CC1CC2CC(C1)N(S(=O)(=O)N=[N+]=[N-])C=N2. The van der Waals surface area contributed by atoms with Crippen LogP contribution in [0.5, 0.6) is 0 Å². The van der Waals surface area contributed by atoms with E-state index in [1.807, 2.05) is 0 Å². The number of hydrogen-bond donors (Lipinski definition) is 0. The lowest BCUT2D eigenvalue weighted by atomic mass is 9.83. The molecule has 0 amide bonds. The minimum Gasteiger partial charge on any atom is -0.271 e. The van der Waals surface area contributed by atoms with Crippen LogP contribution >= 0.6 is 0 Å². The molecule has 88 valence electrons. The second kappa shape index (κ2) is 3.95. The highest BCUT2D eigenvalue weighted by Crippen LogP contribution is 2.33. The summed E-state index contributed by atoms with van der Waals surface area (Å²) in [5, 5.41) is 0. The van der Waals surface area contributed by atoms with Gasteiger partial charge in [-0.1, -0.05) is 6.92 Å². The largest absolute Gasteiger partial charge is 0.325 e. The highest BCUT2D eigenvalue weighted by Gasteiger charge is 2.37. The summed E-state index contributed by atoms with van der Waals surface area (Å²) >= 11 is 0. The average Bonchev–Trinajstić information content (AvgIpc) is 2.15. The van der Waals surface area contributed by atoms with Crippen LogP contribution in [0.15, 0.2) is 9.51 Å². The summed E-state index contributed by atoms with van der Waals surface area (Å²) in [6.45, 7) is 2.08. The zero-order valence-electron chi connectivity index (χ0n) is 8.89. The van der Waals surface area contributed by atoms with Gasteiger partial charge in [0.05, 0.1) is 16.9 Å². The van der Waals surface area contributed by atoms with Crippen LogP contribution in [0.2, 0.25) is 0 Å². The van der Waals surface area contributed by atoms with Gasteiger partial charge < -0.3 is 0 Å². The molecule has 0 spiro atoms. The number of hydrogen-bond acceptors (Lipinski definition) is 3. The van der Waals surface area contributed by atoms with Gasteiger partial charge in [-0.2, -0.15) is 8.42 Å². The predicted molar refractivity (Wildman–Crippen MR) is 59.0 cm³/mol. The molecular weight excluding hydrogens is 230 g/mol. The second-order valence-electron chi connectivity index (χ2n) is 4.36. The van der Waals surface area contributed by atoms with E-state index in [4.69, 9.17) is 5.53 Å². The van der Waals surface area contributed by atoms with Gasteiger partial charge in [0.1, 0.15) is 0 Å². The van der Waals surface area contributed by atoms with Crippen molar-refractivity contribution in [1.29, 1.82) is 0 Å². The maximum atomic E-state index is 11.6. The molecule has 2 aliphatic rings. The highest BCUT2D eigenvalue weighted by molar-refractivity contribution is 7.88. The van der Waals surface area contributed by atoms with Crippen LogP contribution in [0, 0.1) is 5.92 Å². The minimum absolute atomic E-state index is 0.109. The van der Waals surface area contributed by atoms with Gasteiger partial charge in [0.25, 0.3) is 0 Å². The molecule has 2 rings (SSSR count). The molecule has 8 heteroatoms. The Kier molecular flexibility index (Phi) is 2.77. The van der Waals surface area contributed by atoms with Gasteiger partial charge in [0, 0.05) is 11.0 Å². The monoisotopic (exact) mass is 243 g/mol. The van der Waals surface area contributed by atoms with Crippen molar-refractivity contribution in [3.8, 4) is 0 Å². The Hall–Kier alpha value is -1.27. The molecule has 0 aromatic carbocycles. The molecule has 0 radical (unpaired) electrons. The first kappa shape index (κ1) is 11.2. The molecule has 1 heterocycles. The molecule has 0 N–H and O–H groups in total. The molecule has 0 saturated heterocycles. The van der Waals surface area contributed by atoms with Gasteiger partial charge in [-0.3, -0.25) is 9.30 Å². The lowest BCUT2D eigenvalue weighted by Gasteiger charge is -2.39. The molecule has 3 unspecified atom stereocenters. The third kappa shape index (κ3) is 1.98. The molecule has 7 nitrogen and oxygen atoms in total. The van der Waals surface area contributed by atoms with E-state index >= 15 is 0 Å². The molecule has 0 aromatic heterocycles. The lowest BCUT2D eigenvalue weighted by molar-refractivity contribution is 0.231. The molecule has 16 heavy (non-hydrogen) atoms. The van der Waals surface area contributed by atoms with Gasteiger partial charge in [-0.05, 0) is 30.7 Å². The Morgan fingerprint density at radius 2 is 2.25 bits per heavy atom. The number of azide groups is 1. The minimum atomic E-state index is -3.92. The van der Waals surface area contributed by atoms with E-state index in [0.29, 0.717) is 5.92 Å². The van der Waals surface area contributed by atoms with Crippen molar-refractivity contribution in [2.75, 3.05) is 0 Å². The van der Waals surface area contributed by atoms with Crippen LogP contribution in [0.3, 0.4) is 0 Å². The van der Waals surface area contributed by atoms with E-state index in [1.165, 1.54) is 6.34 Å². The first-order chi connectivity index (χ1) is 7.53. The molecule has 1 fully saturated rings. The summed E-state index contributed by atoms with van der Waals surface area (Å²) in [5.74, 6) is 0.449. The fraction of sp³-hybridized carbons (Fsp3) is 0.875. The van der Waals surface area contributed by atoms with Crippen LogP contribution in [0.1, 0.15) is 26.2 Å². The van der Waals surface area contributed by atoms with Gasteiger partial charge in [-0.25, -0.2) is 0 Å². The fourth-order valence-electron chi connectivity index (χ4n) is 2.45. The maximum Gasteiger partial charge on any atom is 0.325 e. The smallest absolute Gasteiger partial charge is 0.271 e. The standard InChI is InChI=1S/C8H13N5O2S/c1-6-2-7-4-8(3-6)13(5-10-7)16(14,15)12-11-9/h5-8H,2-4H2,1H3. The molecular formula is C8H13N5O2S. The summed E-state index contributed by atoms with van der Waals surface area (Å²) in [4.78, 5) is 6.51. The predicted octanol–water partition coefficient (Wildman–Crippen LogP) is 1.44. The zero-order chi connectivity index (χ0) is 11.8. The lowest BCUT2D eigenvalue weighted by Crippen LogP contribution is -2.47. The van der Waals surface area contributed by atoms with Gasteiger partial charge in [0.2, 0.25) is 0 Å². The van der Waals surface area contributed by atoms with E-state index in [2.05, 4.69) is 21.3 Å². The quantitative estimate of drug-likeness (QED) is 0.416. The Bertz CT molecular complexity index is 453. The number of rotatable bonds is 2. The van der Waals surface area contributed by atoms with Crippen LogP contribution in [0.25, 0.3) is 10.4 Å². The maximum absolute atomic E-state index is 11.6. The van der Waals surface area contributed by atoms with Crippen LogP contribution in [-0.2, 0) is 10.2 Å². The van der Waals surface area contributed by atoms with Crippen molar-refractivity contribution in [1.82, 2.24) is 4.31 Å². The Balaban J connectivity index is 2.30. The third-order valence-electron chi connectivity index (χ3n) is 3.05. The van der Waals surface area contributed by atoms with E-state index in [0.717, 1.165) is 23.6 Å². The van der Waals surface area contributed by atoms with Crippen molar-refractivity contribution in [3.63, 3.8) is 0 Å². The van der Waals surface area contributed by atoms with Gasteiger partial charge in [0.15, 0.2) is 0 Å². The molecule has 1 aliphatic heterocycles. The molecule has 3 atom stereocenters. The zero-order valence-corrected chi connectivity index (χ0v) is 9.71. The topological polar surface area (TPSA) is 98.5 Å². The molecule has 1 aliphatic carbocycles. The highest BCUT2D eigenvalue weighted by atomic mass is 32.2. The molecule has 2 bridgehead atoms. The Morgan fingerprint density at radius 1 is 1.50 bits per heavy atom. The van der Waals surface area contributed by atoms with Crippen molar-refractivity contribution in [2.24, 2.45) is 15.4 Å².